The van der Waals surface area contributed by atoms with E-state index < -0.39 is 17.5 Å². The average molecular weight is 310 g/mol. The number of nitrogens with zero attached hydrogens (tertiary/aromatic N) is 1. The predicted octanol–water partition coefficient (Wildman–Crippen LogP) is 3.75. The fourth-order valence-corrected chi connectivity index (χ4v) is 2.94. The van der Waals surface area contributed by atoms with E-state index in [1.165, 1.54) is 4.90 Å². The highest BCUT2D eigenvalue weighted by atomic mass is 32.1. The van der Waals surface area contributed by atoms with Gasteiger partial charge < -0.3 is 10.6 Å². The molecule has 2 rings (SSSR count). The van der Waals surface area contributed by atoms with Gasteiger partial charge in [0.05, 0.1) is 17.3 Å². The van der Waals surface area contributed by atoms with Crippen molar-refractivity contribution < 1.29 is 13.6 Å². The van der Waals surface area contributed by atoms with Crippen molar-refractivity contribution in [2.45, 2.75) is 19.9 Å². The van der Waals surface area contributed by atoms with E-state index in [2.05, 4.69) is 0 Å². The molecule has 1 heterocycles. The van der Waals surface area contributed by atoms with Crippen LogP contribution in [0.4, 0.5) is 14.5 Å². The zero-order valence-corrected chi connectivity index (χ0v) is 12.8. The Bertz CT molecular complexity index is 684. The molecule has 0 aliphatic carbocycles. The van der Waals surface area contributed by atoms with Gasteiger partial charge in [0.2, 0.25) is 0 Å². The van der Waals surface area contributed by atoms with Gasteiger partial charge in [-0.3, -0.25) is 4.79 Å². The van der Waals surface area contributed by atoms with Gasteiger partial charge in [0.15, 0.2) is 0 Å². The van der Waals surface area contributed by atoms with E-state index in [0.29, 0.717) is 6.07 Å². The van der Waals surface area contributed by atoms with Crippen LogP contribution in [0.1, 0.15) is 33.1 Å². The van der Waals surface area contributed by atoms with E-state index in [-0.39, 0.29) is 17.3 Å². The highest BCUT2D eigenvalue weighted by Crippen LogP contribution is 2.28. The first-order chi connectivity index (χ1) is 9.81. The van der Waals surface area contributed by atoms with E-state index in [1.54, 1.807) is 18.4 Å². The number of hydrogen-bond donors (Lipinski definition) is 1. The number of thiophene rings is 1. The fraction of sp³-hybridized carbons (Fsp3) is 0.267. The topological polar surface area (TPSA) is 46.3 Å². The summed E-state index contributed by atoms with van der Waals surface area (Å²) in [7, 11) is 1.58. The smallest absolute Gasteiger partial charge is 0.257 e. The maximum absolute atomic E-state index is 13.8. The molecule has 0 fully saturated rings. The Balaban J connectivity index is 2.29. The second-order valence-corrected chi connectivity index (χ2v) is 6.21. The predicted molar refractivity (Wildman–Crippen MR) is 80.3 cm³/mol. The summed E-state index contributed by atoms with van der Waals surface area (Å²) in [6.45, 7) is 3.83. The third-order valence-corrected chi connectivity index (χ3v) is 4.56. The van der Waals surface area contributed by atoms with Gasteiger partial charge in [0.25, 0.3) is 5.91 Å². The molecule has 0 saturated carbocycles. The van der Waals surface area contributed by atoms with Crippen LogP contribution in [0, 0.1) is 18.6 Å². The maximum Gasteiger partial charge on any atom is 0.257 e. The quantitative estimate of drug-likeness (QED) is 0.878. The van der Waals surface area contributed by atoms with Crippen LogP contribution in [-0.4, -0.2) is 17.9 Å². The molecule has 2 aromatic rings. The molecule has 0 aliphatic rings. The van der Waals surface area contributed by atoms with Crippen LogP contribution in [0.5, 0.6) is 0 Å². The number of rotatable bonds is 3. The number of amides is 1. The van der Waals surface area contributed by atoms with Crippen molar-refractivity contribution in [2.24, 2.45) is 0 Å². The van der Waals surface area contributed by atoms with E-state index in [0.717, 1.165) is 15.8 Å². The minimum Gasteiger partial charge on any atom is -0.396 e. The van der Waals surface area contributed by atoms with Crippen molar-refractivity contribution in [2.75, 3.05) is 12.8 Å². The first-order valence-corrected chi connectivity index (χ1v) is 7.21. The SMILES string of the molecule is Cc1ccc(C(C)N(C)C(=O)c2cc(N)c(F)cc2F)s1. The van der Waals surface area contributed by atoms with Crippen LogP contribution in [0.3, 0.4) is 0 Å². The highest BCUT2D eigenvalue weighted by molar-refractivity contribution is 7.12. The van der Waals surface area contributed by atoms with Crippen molar-refractivity contribution >= 4 is 22.9 Å². The Kier molecular flexibility index (Phi) is 4.27. The number of benzene rings is 1. The second-order valence-electron chi connectivity index (χ2n) is 4.89. The summed E-state index contributed by atoms with van der Waals surface area (Å²) < 4.78 is 26.9. The normalized spacial score (nSPS) is 12.2. The molecule has 1 aromatic heterocycles. The summed E-state index contributed by atoms with van der Waals surface area (Å²) in [6.07, 6.45) is 0. The molecule has 6 heteroatoms. The summed E-state index contributed by atoms with van der Waals surface area (Å²) in [6, 6.07) is 5.36. The van der Waals surface area contributed by atoms with Crippen molar-refractivity contribution in [3.05, 3.63) is 51.2 Å². The van der Waals surface area contributed by atoms with Crippen molar-refractivity contribution in [3.8, 4) is 0 Å². The molecule has 0 bridgehead atoms. The van der Waals surface area contributed by atoms with Crippen molar-refractivity contribution in [1.29, 1.82) is 0 Å². The van der Waals surface area contributed by atoms with Crippen LogP contribution in [0.25, 0.3) is 0 Å². The molecule has 1 atom stereocenters. The van der Waals surface area contributed by atoms with Crippen LogP contribution in [0.15, 0.2) is 24.3 Å². The Hall–Kier alpha value is -1.95. The Morgan fingerprint density at radius 2 is 1.95 bits per heavy atom. The number of nitrogens with two attached hydrogens (primary N) is 1. The van der Waals surface area contributed by atoms with Crippen LogP contribution >= 0.6 is 11.3 Å². The maximum atomic E-state index is 13.8. The summed E-state index contributed by atoms with van der Waals surface area (Å²) in [5.74, 6) is -2.31. The number of carbonyl (C=O) groups excluding carboxylic acids is 1. The summed E-state index contributed by atoms with van der Waals surface area (Å²) in [5, 5.41) is 0. The second kappa shape index (κ2) is 5.81. The minimum absolute atomic E-state index is 0.207. The van der Waals surface area contributed by atoms with Gasteiger partial charge in [-0.05, 0) is 32.0 Å². The van der Waals surface area contributed by atoms with Gasteiger partial charge in [0.1, 0.15) is 11.6 Å². The molecule has 112 valence electrons. The lowest BCUT2D eigenvalue weighted by atomic mass is 10.1. The molecule has 0 spiro atoms. The lowest BCUT2D eigenvalue weighted by Crippen LogP contribution is -2.30. The largest absolute Gasteiger partial charge is 0.396 e. The molecule has 2 N–H and O–H groups in total. The number of carbonyl (C=O) groups is 1. The summed E-state index contributed by atoms with van der Waals surface area (Å²) in [4.78, 5) is 15.9. The Labute approximate surface area is 126 Å². The lowest BCUT2D eigenvalue weighted by molar-refractivity contribution is 0.0740. The standard InChI is InChI=1S/C15H16F2N2OS/c1-8-4-5-14(21-8)9(2)19(3)15(20)10-6-13(18)12(17)7-11(10)16/h4-7,9H,18H2,1-3H3. The molecule has 1 aromatic carbocycles. The molecular formula is C15H16F2N2OS. The van der Waals surface area contributed by atoms with Crippen LogP contribution in [-0.2, 0) is 0 Å². The minimum atomic E-state index is -0.909. The number of hydrogen-bond acceptors (Lipinski definition) is 3. The lowest BCUT2D eigenvalue weighted by Gasteiger charge is -2.24. The first-order valence-electron chi connectivity index (χ1n) is 6.39. The monoisotopic (exact) mass is 310 g/mol. The van der Waals surface area contributed by atoms with Crippen molar-refractivity contribution in [1.82, 2.24) is 4.90 Å². The molecule has 0 saturated heterocycles. The molecule has 21 heavy (non-hydrogen) atoms. The summed E-state index contributed by atoms with van der Waals surface area (Å²) in [5.41, 5.74) is 4.94. The van der Waals surface area contributed by atoms with E-state index in [4.69, 9.17) is 5.73 Å². The zero-order valence-electron chi connectivity index (χ0n) is 12.0. The van der Waals surface area contributed by atoms with E-state index in [9.17, 15) is 13.6 Å². The molecular weight excluding hydrogens is 294 g/mol. The third kappa shape index (κ3) is 3.05. The van der Waals surface area contributed by atoms with Gasteiger partial charge in [0, 0.05) is 22.9 Å². The van der Waals surface area contributed by atoms with Crippen LogP contribution in [0.2, 0.25) is 0 Å². The molecule has 1 amide bonds. The van der Waals surface area contributed by atoms with Gasteiger partial charge in [-0.1, -0.05) is 0 Å². The number of halogens is 2. The molecule has 3 nitrogen and oxygen atoms in total. The number of nitrogen functional groups attached to an aromatic ring is 1. The number of anilines is 1. The van der Waals surface area contributed by atoms with Gasteiger partial charge in [-0.15, -0.1) is 11.3 Å². The van der Waals surface area contributed by atoms with Crippen LogP contribution < -0.4 is 5.73 Å². The average Bonchev–Trinajstić information content (AvgIpc) is 2.87. The van der Waals surface area contributed by atoms with Gasteiger partial charge >= 0.3 is 0 Å². The fourth-order valence-electron chi connectivity index (χ4n) is 1.96. The third-order valence-electron chi connectivity index (χ3n) is 3.39. The zero-order chi connectivity index (χ0) is 15.7. The Morgan fingerprint density at radius 1 is 1.29 bits per heavy atom. The van der Waals surface area contributed by atoms with Gasteiger partial charge in [-0.2, -0.15) is 0 Å². The number of aryl methyl sites for hydroxylation is 1. The first kappa shape index (κ1) is 15.4. The van der Waals surface area contributed by atoms with Crippen molar-refractivity contribution in [3.63, 3.8) is 0 Å². The molecule has 0 radical (unpaired) electrons. The highest BCUT2D eigenvalue weighted by Gasteiger charge is 2.23. The Morgan fingerprint density at radius 3 is 2.52 bits per heavy atom. The summed E-state index contributed by atoms with van der Waals surface area (Å²) >= 11 is 1.57. The van der Waals surface area contributed by atoms with E-state index in [1.807, 2.05) is 26.0 Å². The van der Waals surface area contributed by atoms with Gasteiger partial charge in [-0.25, -0.2) is 8.78 Å². The molecule has 0 aliphatic heterocycles. The molecule has 1 unspecified atom stereocenters. The van der Waals surface area contributed by atoms with E-state index >= 15 is 0 Å².